The zero-order chi connectivity index (χ0) is 14.8. The first kappa shape index (κ1) is 15.6. The lowest BCUT2D eigenvalue weighted by molar-refractivity contribution is 0.498. The topological polar surface area (TPSA) is 75.9 Å². The number of rotatable bonds is 9. The molecule has 2 aromatic rings. The first-order valence-electron chi connectivity index (χ1n) is 7.32. The minimum Gasteiger partial charge on any atom is -0.329 e. The third-order valence-corrected chi connectivity index (χ3v) is 3.23. The zero-order valence-corrected chi connectivity index (χ0v) is 12.2. The Morgan fingerprint density at radius 1 is 0.952 bits per heavy atom. The van der Waals surface area contributed by atoms with Crippen molar-refractivity contribution in [3.63, 3.8) is 0 Å². The van der Waals surface area contributed by atoms with E-state index in [1.807, 2.05) is 48.8 Å². The van der Waals surface area contributed by atoms with Gasteiger partial charge in [0.15, 0.2) is 0 Å². The van der Waals surface area contributed by atoms with Crippen LogP contribution >= 0.6 is 0 Å². The molecule has 1 unspecified atom stereocenters. The van der Waals surface area contributed by atoms with Crippen molar-refractivity contribution in [3.05, 3.63) is 60.2 Å². The summed E-state index contributed by atoms with van der Waals surface area (Å²) in [5.74, 6) is 0. The van der Waals surface area contributed by atoms with Gasteiger partial charge in [0.1, 0.15) is 0 Å². The lowest BCUT2D eigenvalue weighted by Crippen LogP contribution is -2.41. The molecule has 0 aromatic carbocycles. The molecule has 0 amide bonds. The molecule has 0 aliphatic heterocycles. The number of hydrogen-bond donors (Lipinski definition) is 3. The quantitative estimate of drug-likeness (QED) is 0.592. The standard InChI is InChI=1S/C16H23N5/c17-12-16(11-14-5-1-3-7-19-14)21-10-9-18-13-15-6-2-4-8-20-15/h1-8,16,18,21H,9-13,17H2. The van der Waals surface area contributed by atoms with Crippen LogP contribution in [0.3, 0.4) is 0 Å². The van der Waals surface area contributed by atoms with Crippen LogP contribution in [0.25, 0.3) is 0 Å². The summed E-state index contributed by atoms with van der Waals surface area (Å²) in [5.41, 5.74) is 7.93. The lowest BCUT2D eigenvalue weighted by atomic mass is 10.1. The van der Waals surface area contributed by atoms with E-state index in [1.165, 1.54) is 0 Å². The number of nitrogens with one attached hydrogen (secondary N) is 2. The minimum atomic E-state index is 0.261. The summed E-state index contributed by atoms with van der Waals surface area (Å²) in [6, 6.07) is 12.2. The van der Waals surface area contributed by atoms with Gasteiger partial charge in [-0.1, -0.05) is 12.1 Å². The molecule has 0 spiro atoms. The van der Waals surface area contributed by atoms with Crippen molar-refractivity contribution in [2.75, 3.05) is 19.6 Å². The fourth-order valence-corrected chi connectivity index (χ4v) is 2.09. The van der Waals surface area contributed by atoms with Crippen molar-refractivity contribution in [3.8, 4) is 0 Å². The zero-order valence-electron chi connectivity index (χ0n) is 12.2. The van der Waals surface area contributed by atoms with Crippen molar-refractivity contribution in [2.24, 2.45) is 5.73 Å². The van der Waals surface area contributed by atoms with Crippen LogP contribution < -0.4 is 16.4 Å². The van der Waals surface area contributed by atoms with Gasteiger partial charge in [0, 0.05) is 56.7 Å². The monoisotopic (exact) mass is 285 g/mol. The number of aromatic nitrogens is 2. The Morgan fingerprint density at radius 3 is 2.29 bits per heavy atom. The molecule has 2 rings (SSSR count). The smallest absolute Gasteiger partial charge is 0.0541 e. The molecule has 2 aromatic heterocycles. The first-order valence-corrected chi connectivity index (χ1v) is 7.32. The van der Waals surface area contributed by atoms with Gasteiger partial charge < -0.3 is 16.4 Å². The van der Waals surface area contributed by atoms with Gasteiger partial charge in [-0.3, -0.25) is 9.97 Å². The fraction of sp³-hybridized carbons (Fsp3) is 0.375. The van der Waals surface area contributed by atoms with E-state index in [1.54, 1.807) is 0 Å². The minimum absolute atomic E-state index is 0.261. The SMILES string of the molecule is NCC(Cc1ccccn1)NCCNCc1ccccn1. The van der Waals surface area contributed by atoms with Crippen molar-refractivity contribution >= 4 is 0 Å². The van der Waals surface area contributed by atoms with E-state index in [9.17, 15) is 0 Å². The van der Waals surface area contributed by atoms with Gasteiger partial charge in [0.2, 0.25) is 0 Å². The highest BCUT2D eigenvalue weighted by atomic mass is 15.0. The number of pyridine rings is 2. The Kier molecular flexibility index (Phi) is 6.80. The van der Waals surface area contributed by atoms with E-state index < -0.39 is 0 Å². The molecule has 0 saturated carbocycles. The number of nitrogens with zero attached hydrogens (tertiary/aromatic N) is 2. The summed E-state index contributed by atoms with van der Waals surface area (Å²) in [4.78, 5) is 8.60. The molecule has 2 heterocycles. The van der Waals surface area contributed by atoms with Crippen molar-refractivity contribution < 1.29 is 0 Å². The summed E-state index contributed by atoms with van der Waals surface area (Å²) >= 11 is 0. The summed E-state index contributed by atoms with van der Waals surface area (Å²) < 4.78 is 0. The van der Waals surface area contributed by atoms with Gasteiger partial charge in [-0.25, -0.2) is 0 Å². The van der Waals surface area contributed by atoms with Gasteiger partial charge in [0.25, 0.3) is 0 Å². The molecule has 0 radical (unpaired) electrons. The largest absolute Gasteiger partial charge is 0.329 e. The van der Waals surface area contributed by atoms with E-state index >= 15 is 0 Å². The summed E-state index contributed by atoms with van der Waals surface area (Å²) in [6.45, 7) is 3.16. The normalized spacial score (nSPS) is 12.2. The van der Waals surface area contributed by atoms with E-state index in [0.717, 1.165) is 37.4 Å². The molecular formula is C16H23N5. The van der Waals surface area contributed by atoms with Gasteiger partial charge in [-0.2, -0.15) is 0 Å². The molecule has 0 saturated heterocycles. The van der Waals surface area contributed by atoms with Crippen molar-refractivity contribution in [1.82, 2.24) is 20.6 Å². The van der Waals surface area contributed by atoms with Crippen molar-refractivity contribution in [2.45, 2.75) is 19.0 Å². The molecule has 5 heteroatoms. The Bertz CT molecular complexity index is 489. The molecule has 112 valence electrons. The molecule has 21 heavy (non-hydrogen) atoms. The third-order valence-electron chi connectivity index (χ3n) is 3.23. The van der Waals surface area contributed by atoms with Gasteiger partial charge >= 0.3 is 0 Å². The van der Waals surface area contributed by atoms with Crippen LogP contribution in [0.1, 0.15) is 11.4 Å². The third kappa shape index (κ3) is 5.99. The van der Waals surface area contributed by atoms with Gasteiger partial charge in [-0.15, -0.1) is 0 Å². The Hall–Kier alpha value is -1.82. The van der Waals surface area contributed by atoms with Crippen LogP contribution in [0.5, 0.6) is 0 Å². The maximum Gasteiger partial charge on any atom is 0.0541 e. The predicted octanol–water partition coefficient (Wildman–Crippen LogP) is 0.726. The van der Waals surface area contributed by atoms with E-state index in [2.05, 4.69) is 20.6 Å². The lowest BCUT2D eigenvalue weighted by Gasteiger charge is -2.16. The highest BCUT2D eigenvalue weighted by Crippen LogP contribution is 1.98. The molecule has 1 atom stereocenters. The van der Waals surface area contributed by atoms with Crippen LogP contribution in [-0.2, 0) is 13.0 Å². The average molecular weight is 285 g/mol. The summed E-state index contributed by atoms with van der Waals surface area (Å²) in [5, 5.41) is 6.82. The van der Waals surface area contributed by atoms with Gasteiger partial charge in [-0.05, 0) is 24.3 Å². The second-order valence-electron chi connectivity index (χ2n) is 4.91. The maximum absolute atomic E-state index is 5.81. The van der Waals surface area contributed by atoms with Crippen molar-refractivity contribution in [1.29, 1.82) is 0 Å². The molecule has 0 aliphatic carbocycles. The Morgan fingerprint density at radius 2 is 1.67 bits per heavy atom. The van der Waals surface area contributed by atoms with Crippen LogP contribution in [0.4, 0.5) is 0 Å². The highest BCUT2D eigenvalue weighted by molar-refractivity contribution is 5.05. The Balaban J connectivity index is 1.62. The van der Waals surface area contributed by atoms with Crippen LogP contribution in [-0.4, -0.2) is 35.6 Å². The van der Waals surface area contributed by atoms with E-state index in [0.29, 0.717) is 6.54 Å². The van der Waals surface area contributed by atoms with Crippen LogP contribution in [0.15, 0.2) is 48.8 Å². The van der Waals surface area contributed by atoms with Crippen LogP contribution in [0, 0.1) is 0 Å². The van der Waals surface area contributed by atoms with Crippen LogP contribution in [0.2, 0.25) is 0 Å². The molecular weight excluding hydrogens is 262 g/mol. The summed E-state index contributed by atoms with van der Waals surface area (Å²) in [6.07, 6.45) is 4.49. The average Bonchev–Trinajstić information content (AvgIpc) is 2.55. The molecule has 0 fully saturated rings. The van der Waals surface area contributed by atoms with E-state index in [4.69, 9.17) is 5.73 Å². The van der Waals surface area contributed by atoms with E-state index in [-0.39, 0.29) is 6.04 Å². The van der Waals surface area contributed by atoms with Gasteiger partial charge in [0.05, 0.1) is 5.69 Å². The fourth-order valence-electron chi connectivity index (χ4n) is 2.09. The molecule has 4 N–H and O–H groups in total. The number of hydrogen-bond acceptors (Lipinski definition) is 5. The predicted molar refractivity (Wildman–Crippen MR) is 84.7 cm³/mol. The highest BCUT2D eigenvalue weighted by Gasteiger charge is 2.07. The second-order valence-corrected chi connectivity index (χ2v) is 4.91. The number of nitrogens with two attached hydrogens (primary N) is 1. The summed E-state index contributed by atoms with van der Waals surface area (Å²) in [7, 11) is 0. The Labute approximate surface area is 126 Å². The molecule has 0 bridgehead atoms. The molecule has 0 aliphatic rings. The maximum atomic E-state index is 5.81. The molecule has 5 nitrogen and oxygen atoms in total. The second kappa shape index (κ2) is 9.18. The first-order chi connectivity index (χ1) is 10.4.